The van der Waals surface area contributed by atoms with E-state index >= 15 is 0 Å². The van der Waals surface area contributed by atoms with Gasteiger partial charge in [0.2, 0.25) is 0 Å². The fourth-order valence-corrected chi connectivity index (χ4v) is 1.85. The molecule has 0 saturated carbocycles. The number of aromatic nitrogens is 1. The van der Waals surface area contributed by atoms with E-state index in [1.807, 2.05) is 25.1 Å². The summed E-state index contributed by atoms with van der Waals surface area (Å²) in [5, 5.41) is 3.32. The van der Waals surface area contributed by atoms with Crippen molar-refractivity contribution in [3.63, 3.8) is 0 Å². The number of rotatable bonds is 6. The number of halogens is 2. The van der Waals surface area contributed by atoms with Crippen LogP contribution >= 0.6 is 0 Å². The summed E-state index contributed by atoms with van der Waals surface area (Å²) in [6, 6.07) is 10.6. The van der Waals surface area contributed by atoms with Gasteiger partial charge in [-0.25, -0.2) is 0 Å². The lowest BCUT2D eigenvalue weighted by Crippen LogP contribution is -2.18. The number of hydrogen-bond acceptors (Lipinski definition) is 3. The van der Waals surface area contributed by atoms with Gasteiger partial charge in [-0.1, -0.05) is 12.1 Å². The molecule has 1 N–H and O–H groups in total. The van der Waals surface area contributed by atoms with Crippen LogP contribution in [0.25, 0.3) is 0 Å². The highest BCUT2D eigenvalue weighted by atomic mass is 19.3. The lowest BCUT2D eigenvalue weighted by atomic mass is 10.1. The van der Waals surface area contributed by atoms with E-state index < -0.39 is 6.61 Å². The maximum atomic E-state index is 12.2. The van der Waals surface area contributed by atoms with Crippen molar-refractivity contribution in [1.82, 2.24) is 10.3 Å². The van der Waals surface area contributed by atoms with Crippen LogP contribution in [0.5, 0.6) is 5.75 Å². The molecule has 1 aromatic carbocycles. The molecule has 106 valence electrons. The van der Waals surface area contributed by atoms with Crippen molar-refractivity contribution in [1.29, 1.82) is 0 Å². The summed E-state index contributed by atoms with van der Waals surface area (Å²) in [5.74, 6) is 0.176. The van der Waals surface area contributed by atoms with Gasteiger partial charge in [0, 0.05) is 25.0 Å². The number of pyridine rings is 1. The van der Waals surface area contributed by atoms with Gasteiger partial charge in [-0.05, 0) is 42.3 Å². The molecule has 0 aliphatic rings. The zero-order valence-electron chi connectivity index (χ0n) is 11.1. The van der Waals surface area contributed by atoms with Gasteiger partial charge >= 0.3 is 6.61 Å². The highest BCUT2D eigenvalue weighted by molar-refractivity contribution is 5.30. The van der Waals surface area contributed by atoms with Crippen LogP contribution in [0.3, 0.4) is 0 Å². The van der Waals surface area contributed by atoms with E-state index in [9.17, 15) is 8.78 Å². The third-order valence-electron chi connectivity index (χ3n) is 2.94. The van der Waals surface area contributed by atoms with E-state index in [1.165, 1.54) is 6.07 Å². The highest BCUT2D eigenvalue weighted by Crippen LogP contribution is 2.20. The first-order chi connectivity index (χ1) is 9.65. The minimum atomic E-state index is -2.80. The molecule has 0 fully saturated rings. The first-order valence-corrected chi connectivity index (χ1v) is 6.32. The number of benzene rings is 1. The molecule has 1 atom stereocenters. The molecule has 0 aliphatic heterocycles. The third-order valence-corrected chi connectivity index (χ3v) is 2.94. The van der Waals surface area contributed by atoms with Crippen LogP contribution in [-0.2, 0) is 6.54 Å². The SMILES string of the molecule is CC(NCc1ccncc1)c1cccc(OC(F)F)c1. The maximum absolute atomic E-state index is 12.2. The van der Waals surface area contributed by atoms with E-state index in [0.717, 1.165) is 11.1 Å². The maximum Gasteiger partial charge on any atom is 0.387 e. The molecule has 0 bridgehead atoms. The Labute approximate surface area is 116 Å². The van der Waals surface area contributed by atoms with Gasteiger partial charge in [-0.2, -0.15) is 8.78 Å². The van der Waals surface area contributed by atoms with Crippen LogP contribution in [0.4, 0.5) is 8.78 Å². The monoisotopic (exact) mass is 278 g/mol. The summed E-state index contributed by atoms with van der Waals surface area (Å²) >= 11 is 0. The summed E-state index contributed by atoms with van der Waals surface area (Å²) in [7, 11) is 0. The standard InChI is InChI=1S/C15H16F2N2O/c1-11(19-10-12-5-7-18-8-6-12)13-3-2-4-14(9-13)20-15(16)17/h2-9,11,15,19H,10H2,1H3. The normalized spacial score (nSPS) is 12.4. The second kappa shape index (κ2) is 6.96. The second-order valence-corrected chi connectivity index (χ2v) is 4.41. The molecule has 3 nitrogen and oxygen atoms in total. The van der Waals surface area contributed by atoms with Gasteiger partial charge in [0.05, 0.1) is 0 Å². The van der Waals surface area contributed by atoms with Crippen LogP contribution in [0.15, 0.2) is 48.8 Å². The Kier molecular flexibility index (Phi) is 5.01. The number of nitrogens with one attached hydrogen (secondary N) is 1. The second-order valence-electron chi connectivity index (χ2n) is 4.41. The van der Waals surface area contributed by atoms with Crippen molar-refractivity contribution in [3.8, 4) is 5.75 Å². The minimum absolute atomic E-state index is 0.0318. The average molecular weight is 278 g/mol. The molecule has 1 heterocycles. The third kappa shape index (κ3) is 4.28. The van der Waals surface area contributed by atoms with E-state index in [0.29, 0.717) is 6.54 Å². The van der Waals surface area contributed by atoms with Crippen LogP contribution in [0, 0.1) is 0 Å². The molecule has 0 radical (unpaired) electrons. The first kappa shape index (κ1) is 14.4. The van der Waals surface area contributed by atoms with Crippen molar-refractivity contribution >= 4 is 0 Å². The molecule has 0 saturated heterocycles. The molecular weight excluding hydrogens is 262 g/mol. The van der Waals surface area contributed by atoms with Crippen molar-refractivity contribution in [2.24, 2.45) is 0 Å². The van der Waals surface area contributed by atoms with Crippen molar-refractivity contribution in [3.05, 3.63) is 59.9 Å². The van der Waals surface area contributed by atoms with Crippen molar-refractivity contribution < 1.29 is 13.5 Å². The molecule has 2 aromatic rings. The quantitative estimate of drug-likeness (QED) is 0.877. The summed E-state index contributed by atoms with van der Waals surface area (Å²) < 4.78 is 28.8. The van der Waals surface area contributed by atoms with Gasteiger partial charge in [-0.15, -0.1) is 0 Å². The van der Waals surface area contributed by atoms with Crippen molar-refractivity contribution in [2.45, 2.75) is 26.1 Å². The fraction of sp³-hybridized carbons (Fsp3) is 0.267. The Hall–Kier alpha value is -2.01. The first-order valence-electron chi connectivity index (χ1n) is 6.32. The summed E-state index contributed by atoms with van der Waals surface area (Å²) in [4.78, 5) is 3.95. The van der Waals surface area contributed by atoms with Gasteiger partial charge in [0.25, 0.3) is 0 Å². The lowest BCUT2D eigenvalue weighted by Gasteiger charge is -2.15. The largest absolute Gasteiger partial charge is 0.435 e. The molecule has 0 spiro atoms. The van der Waals surface area contributed by atoms with E-state index in [4.69, 9.17) is 0 Å². The minimum Gasteiger partial charge on any atom is -0.435 e. The zero-order valence-corrected chi connectivity index (χ0v) is 11.1. The molecule has 1 unspecified atom stereocenters. The van der Waals surface area contributed by atoms with Crippen LogP contribution in [0.1, 0.15) is 24.1 Å². The summed E-state index contributed by atoms with van der Waals surface area (Å²) in [6.45, 7) is -0.142. The van der Waals surface area contributed by atoms with Gasteiger partial charge < -0.3 is 10.1 Å². The summed E-state index contributed by atoms with van der Waals surface area (Å²) in [6.07, 6.45) is 3.47. The molecule has 2 rings (SSSR count). The highest BCUT2D eigenvalue weighted by Gasteiger charge is 2.08. The van der Waals surface area contributed by atoms with Crippen LogP contribution < -0.4 is 10.1 Å². The molecule has 0 amide bonds. The smallest absolute Gasteiger partial charge is 0.387 e. The molecule has 0 aliphatic carbocycles. The Morgan fingerprint density at radius 3 is 2.65 bits per heavy atom. The number of hydrogen-bond donors (Lipinski definition) is 1. The number of nitrogens with zero attached hydrogens (tertiary/aromatic N) is 1. The zero-order chi connectivity index (χ0) is 14.4. The van der Waals surface area contributed by atoms with Gasteiger partial charge in [0.1, 0.15) is 5.75 Å². The molecule has 20 heavy (non-hydrogen) atoms. The van der Waals surface area contributed by atoms with E-state index in [-0.39, 0.29) is 11.8 Å². The average Bonchev–Trinajstić information content (AvgIpc) is 2.45. The summed E-state index contributed by atoms with van der Waals surface area (Å²) in [5.41, 5.74) is 2.02. The molecule has 5 heteroatoms. The topological polar surface area (TPSA) is 34.2 Å². The van der Waals surface area contributed by atoms with Gasteiger partial charge in [-0.3, -0.25) is 4.98 Å². The van der Waals surface area contributed by atoms with Crippen LogP contribution in [0.2, 0.25) is 0 Å². The van der Waals surface area contributed by atoms with E-state index in [2.05, 4.69) is 15.0 Å². The Bertz CT molecular complexity index is 534. The van der Waals surface area contributed by atoms with Crippen molar-refractivity contribution in [2.75, 3.05) is 0 Å². The molecule has 1 aromatic heterocycles. The number of alkyl halides is 2. The van der Waals surface area contributed by atoms with E-state index in [1.54, 1.807) is 24.5 Å². The Morgan fingerprint density at radius 1 is 1.20 bits per heavy atom. The fourth-order valence-electron chi connectivity index (χ4n) is 1.85. The Morgan fingerprint density at radius 2 is 1.95 bits per heavy atom. The van der Waals surface area contributed by atoms with Crippen LogP contribution in [-0.4, -0.2) is 11.6 Å². The predicted molar refractivity (Wildman–Crippen MR) is 72.6 cm³/mol. The predicted octanol–water partition coefficient (Wildman–Crippen LogP) is 3.53. The lowest BCUT2D eigenvalue weighted by molar-refractivity contribution is -0.0499. The number of ether oxygens (including phenoxy) is 1. The van der Waals surface area contributed by atoms with Gasteiger partial charge in [0.15, 0.2) is 0 Å². The molecular formula is C15H16F2N2O. The Balaban J connectivity index is 1.96.